The molecule has 1 fully saturated rings. The topological polar surface area (TPSA) is 98.8 Å². The SMILES string of the molecule is Cc1cc(C)c(C)c(S(=O)(=O)N2CCN(CC(=O)NC(=O)NCC(F)(F)F)CC2)c1C. The fraction of sp³-hybridized carbons (Fsp3) is 0.579. The minimum Gasteiger partial charge on any atom is -0.329 e. The van der Waals surface area contributed by atoms with Crippen molar-refractivity contribution in [2.45, 2.75) is 38.8 Å². The van der Waals surface area contributed by atoms with Gasteiger partial charge in [0.1, 0.15) is 6.54 Å². The summed E-state index contributed by atoms with van der Waals surface area (Å²) < 4.78 is 64.1. The molecule has 2 rings (SSSR count). The van der Waals surface area contributed by atoms with Crippen LogP contribution in [0.25, 0.3) is 0 Å². The number of benzene rings is 1. The van der Waals surface area contributed by atoms with Gasteiger partial charge in [-0.15, -0.1) is 0 Å². The van der Waals surface area contributed by atoms with Crippen molar-refractivity contribution >= 4 is 22.0 Å². The highest BCUT2D eigenvalue weighted by atomic mass is 32.2. The Morgan fingerprint density at radius 3 is 2.00 bits per heavy atom. The number of hydrogen-bond acceptors (Lipinski definition) is 5. The van der Waals surface area contributed by atoms with E-state index in [1.54, 1.807) is 24.1 Å². The van der Waals surface area contributed by atoms with Crippen molar-refractivity contribution in [2.24, 2.45) is 0 Å². The van der Waals surface area contributed by atoms with E-state index < -0.39 is 34.7 Å². The number of nitrogens with zero attached hydrogens (tertiary/aromatic N) is 2. The molecule has 2 N–H and O–H groups in total. The maximum absolute atomic E-state index is 13.2. The number of amides is 3. The molecule has 0 aliphatic carbocycles. The van der Waals surface area contributed by atoms with Crippen LogP contribution in [0.1, 0.15) is 22.3 Å². The zero-order chi connectivity index (χ0) is 23.6. The second kappa shape index (κ2) is 9.53. The van der Waals surface area contributed by atoms with Crippen LogP contribution in [0.4, 0.5) is 18.0 Å². The molecule has 0 spiro atoms. The molecule has 0 saturated carbocycles. The highest BCUT2D eigenvalue weighted by Crippen LogP contribution is 2.29. The van der Waals surface area contributed by atoms with Gasteiger partial charge in [0, 0.05) is 26.2 Å². The number of piperazine rings is 1. The monoisotopic (exact) mass is 464 g/mol. The van der Waals surface area contributed by atoms with Crippen molar-refractivity contribution in [1.82, 2.24) is 19.8 Å². The zero-order valence-electron chi connectivity index (χ0n) is 17.9. The Bertz CT molecular complexity index is 930. The van der Waals surface area contributed by atoms with Gasteiger partial charge in [0.2, 0.25) is 15.9 Å². The molecular weight excluding hydrogens is 437 g/mol. The van der Waals surface area contributed by atoms with Gasteiger partial charge >= 0.3 is 12.2 Å². The van der Waals surface area contributed by atoms with E-state index in [1.807, 2.05) is 25.2 Å². The first-order valence-electron chi connectivity index (χ1n) is 9.66. The van der Waals surface area contributed by atoms with Gasteiger partial charge < -0.3 is 5.32 Å². The lowest BCUT2D eigenvalue weighted by atomic mass is 10.0. The summed E-state index contributed by atoms with van der Waals surface area (Å²) in [6, 6.07) is 0.717. The van der Waals surface area contributed by atoms with Crippen LogP contribution in [-0.2, 0) is 14.8 Å². The summed E-state index contributed by atoms with van der Waals surface area (Å²) in [6.45, 7) is 6.32. The average Bonchev–Trinajstić information content (AvgIpc) is 2.64. The first-order valence-corrected chi connectivity index (χ1v) is 11.1. The van der Waals surface area contributed by atoms with E-state index in [1.165, 1.54) is 4.31 Å². The minimum absolute atomic E-state index is 0.155. The predicted molar refractivity (Wildman–Crippen MR) is 108 cm³/mol. The summed E-state index contributed by atoms with van der Waals surface area (Å²) in [4.78, 5) is 25.2. The van der Waals surface area contributed by atoms with E-state index in [4.69, 9.17) is 0 Å². The van der Waals surface area contributed by atoms with Gasteiger partial charge in [-0.25, -0.2) is 13.2 Å². The third kappa shape index (κ3) is 6.40. The van der Waals surface area contributed by atoms with E-state index in [2.05, 4.69) is 0 Å². The normalized spacial score (nSPS) is 16.2. The Kier molecular flexibility index (Phi) is 7.71. The highest BCUT2D eigenvalue weighted by Gasteiger charge is 2.32. The van der Waals surface area contributed by atoms with E-state index in [0.29, 0.717) is 16.0 Å². The van der Waals surface area contributed by atoms with Gasteiger partial charge in [-0.05, 0) is 49.9 Å². The third-order valence-electron chi connectivity index (χ3n) is 5.30. The first-order chi connectivity index (χ1) is 14.2. The molecule has 1 aliphatic heterocycles. The van der Waals surface area contributed by atoms with E-state index in [9.17, 15) is 31.2 Å². The van der Waals surface area contributed by atoms with Crippen LogP contribution in [0.3, 0.4) is 0 Å². The van der Waals surface area contributed by atoms with Crippen LogP contribution in [0.5, 0.6) is 0 Å². The summed E-state index contributed by atoms with van der Waals surface area (Å²) in [5, 5.41) is 3.39. The predicted octanol–water partition coefficient (Wildman–Crippen LogP) is 1.61. The number of hydrogen-bond donors (Lipinski definition) is 2. The Morgan fingerprint density at radius 2 is 1.52 bits per heavy atom. The molecule has 0 bridgehead atoms. The minimum atomic E-state index is -4.57. The van der Waals surface area contributed by atoms with E-state index in [0.717, 1.165) is 11.1 Å². The number of carbonyl (C=O) groups excluding carboxylic acids is 2. The highest BCUT2D eigenvalue weighted by molar-refractivity contribution is 7.89. The molecular formula is C19H27F3N4O4S. The van der Waals surface area contributed by atoms with Crippen LogP contribution >= 0.6 is 0 Å². The number of halogens is 3. The number of nitrogens with one attached hydrogen (secondary N) is 2. The zero-order valence-corrected chi connectivity index (χ0v) is 18.7. The molecule has 12 heteroatoms. The lowest BCUT2D eigenvalue weighted by molar-refractivity contribution is -0.125. The summed E-state index contributed by atoms with van der Waals surface area (Å²) in [5.41, 5.74) is 3.19. The molecule has 8 nitrogen and oxygen atoms in total. The average molecular weight is 465 g/mol. The lowest BCUT2D eigenvalue weighted by Gasteiger charge is -2.34. The molecule has 0 atom stereocenters. The number of aryl methyl sites for hydroxylation is 2. The molecule has 3 amide bonds. The van der Waals surface area contributed by atoms with Crippen LogP contribution in [-0.4, -0.2) is 75.0 Å². The molecule has 1 aromatic carbocycles. The Morgan fingerprint density at radius 1 is 1.00 bits per heavy atom. The van der Waals surface area contributed by atoms with Gasteiger partial charge in [-0.2, -0.15) is 17.5 Å². The number of imide groups is 1. The van der Waals surface area contributed by atoms with E-state index in [-0.39, 0.29) is 32.7 Å². The van der Waals surface area contributed by atoms with Crippen LogP contribution in [0, 0.1) is 27.7 Å². The molecule has 174 valence electrons. The summed E-state index contributed by atoms with van der Waals surface area (Å²) in [5.74, 6) is -0.767. The van der Waals surface area contributed by atoms with Crippen molar-refractivity contribution in [1.29, 1.82) is 0 Å². The van der Waals surface area contributed by atoms with Crippen LogP contribution in [0.2, 0.25) is 0 Å². The Labute approximate surface area is 179 Å². The molecule has 1 aliphatic rings. The lowest BCUT2D eigenvalue weighted by Crippen LogP contribution is -2.52. The standard InChI is InChI=1S/C19H27F3N4O4S/c1-12-9-13(2)15(4)17(14(12)3)31(29,30)26-7-5-25(6-8-26)10-16(27)24-18(28)23-11-19(20,21)22/h9H,5-8,10-11H2,1-4H3,(H2,23,24,27,28). The molecule has 31 heavy (non-hydrogen) atoms. The van der Waals surface area contributed by atoms with Crippen molar-refractivity contribution in [3.8, 4) is 0 Å². The quantitative estimate of drug-likeness (QED) is 0.690. The number of urea groups is 1. The molecule has 1 aromatic rings. The Balaban J connectivity index is 1.96. The number of rotatable bonds is 5. The number of carbonyl (C=O) groups is 2. The molecule has 1 heterocycles. The number of sulfonamides is 1. The summed E-state index contributed by atoms with van der Waals surface area (Å²) >= 11 is 0. The molecule has 1 saturated heterocycles. The number of alkyl halides is 3. The van der Waals surface area contributed by atoms with Gasteiger partial charge in [0.25, 0.3) is 0 Å². The maximum atomic E-state index is 13.2. The fourth-order valence-corrected chi connectivity index (χ4v) is 5.42. The molecule has 0 aromatic heterocycles. The van der Waals surface area contributed by atoms with Gasteiger partial charge in [0.15, 0.2) is 0 Å². The second-order valence-corrected chi connectivity index (χ2v) is 9.49. The van der Waals surface area contributed by atoms with Crippen molar-refractivity contribution < 1.29 is 31.2 Å². The smallest absolute Gasteiger partial charge is 0.329 e. The Hall–Kier alpha value is -2.18. The molecule has 0 radical (unpaired) electrons. The maximum Gasteiger partial charge on any atom is 0.405 e. The van der Waals surface area contributed by atoms with Gasteiger partial charge in [0.05, 0.1) is 11.4 Å². The van der Waals surface area contributed by atoms with E-state index >= 15 is 0 Å². The summed E-state index contributed by atoms with van der Waals surface area (Å²) in [7, 11) is -3.73. The van der Waals surface area contributed by atoms with Crippen LogP contribution < -0.4 is 10.6 Å². The van der Waals surface area contributed by atoms with Crippen LogP contribution in [0.15, 0.2) is 11.0 Å². The van der Waals surface area contributed by atoms with Gasteiger partial charge in [-0.3, -0.25) is 15.0 Å². The third-order valence-corrected chi connectivity index (χ3v) is 7.47. The fourth-order valence-electron chi connectivity index (χ4n) is 3.42. The van der Waals surface area contributed by atoms with Gasteiger partial charge in [-0.1, -0.05) is 6.07 Å². The first kappa shape index (κ1) is 25.1. The largest absolute Gasteiger partial charge is 0.405 e. The van der Waals surface area contributed by atoms with Crippen molar-refractivity contribution in [2.75, 3.05) is 39.3 Å². The summed E-state index contributed by atoms with van der Waals surface area (Å²) in [6.07, 6.45) is -4.57. The molecule has 0 unspecified atom stereocenters. The van der Waals surface area contributed by atoms with Crippen molar-refractivity contribution in [3.05, 3.63) is 28.3 Å². The second-order valence-electron chi connectivity index (χ2n) is 7.62. The van der Waals surface area contributed by atoms with Crippen molar-refractivity contribution in [3.63, 3.8) is 0 Å².